The van der Waals surface area contributed by atoms with E-state index < -0.39 is 0 Å². The van der Waals surface area contributed by atoms with Gasteiger partial charge in [-0.1, -0.05) is 18.2 Å². The van der Waals surface area contributed by atoms with Crippen LogP contribution in [0.25, 0.3) is 10.8 Å². The third-order valence-electron chi connectivity index (χ3n) is 3.71. The minimum atomic E-state index is -0.262. The fourth-order valence-electron chi connectivity index (χ4n) is 2.65. The molecule has 3 rings (SSSR count). The number of carbonyl (C=O) groups is 1. The second-order valence-electron chi connectivity index (χ2n) is 4.94. The summed E-state index contributed by atoms with van der Waals surface area (Å²) < 4.78 is 0. The van der Waals surface area contributed by atoms with Crippen LogP contribution in [0.5, 0.6) is 0 Å². The minimum Gasteiger partial charge on any atom is -0.335 e. The van der Waals surface area contributed by atoms with E-state index in [4.69, 9.17) is 0 Å². The molecule has 0 radical (unpaired) electrons. The van der Waals surface area contributed by atoms with Gasteiger partial charge in [-0.3, -0.25) is 9.59 Å². The first-order valence-electron chi connectivity index (χ1n) is 6.47. The number of nitrogens with one attached hydrogen (secondary N) is 1. The molecule has 2 aromatic rings. The first-order chi connectivity index (χ1) is 9.18. The van der Waals surface area contributed by atoms with Gasteiger partial charge >= 0.3 is 0 Å². The second kappa shape index (κ2) is 4.50. The minimum absolute atomic E-state index is 0.0996. The van der Waals surface area contributed by atoms with Crippen molar-refractivity contribution in [2.24, 2.45) is 0 Å². The summed E-state index contributed by atoms with van der Waals surface area (Å²) in [6.07, 6.45) is 2.04. The highest BCUT2D eigenvalue weighted by molar-refractivity contribution is 6.04. The number of amides is 1. The van der Waals surface area contributed by atoms with Crippen LogP contribution in [0.1, 0.15) is 30.3 Å². The summed E-state index contributed by atoms with van der Waals surface area (Å²) >= 11 is 0. The number of hydrogen-bond acceptors (Lipinski definition) is 3. The molecular formula is C14H15N3O2. The Morgan fingerprint density at radius 1 is 1.37 bits per heavy atom. The fourth-order valence-corrected chi connectivity index (χ4v) is 2.65. The molecule has 2 heterocycles. The third kappa shape index (κ3) is 1.91. The summed E-state index contributed by atoms with van der Waals surface area (Å²) in [6.45, 7) is 2.80. The predicted molar refractivity (Wildman–Crippen MR) is 72.1 cm³/mol. The molecule has 1 aliphatic heterocycles. The van der Waals surface area contributed by atoms with Crippen molar-refractivity contribution in [3.8, 4) is 0 Å². The monoisotopic (exact) mass is 257 g/mol. The fraction of sp³-hybridized carbons (Fsp3) is 0.357. The molecule has 0 bridgehead atoms. The molecule has 1 unspecified atom stereocenters. The third-order valence-corrected chi connectivity index (χ3v) is 3.71. The van der Waals surface area contributed by atoms with Crippen LogP contribution < -0.4 is 5.56 Å². The van der Waals surface area contributed by atoms with Gasteiger partial charge in [-0.05, 0) is 25.8 Å². The number of aromatic nitrogens is 2. The standard InChI is InChI=1S/C14H15N3O2/c1-9-5-4-8-17(9)14(19)12-10-6-2-3-7-11(10)13(18)16-15-12/h2-3,6-7,9H,4-5,8H2,1H3,(H,16,18). The topological polar surface area (TPSA) is 66.1 Å². The first-order valence-corrected chi connectivity index (χ1v) is 6.47. The summed E-state index contributed by atoms with van der Waals surface area (Å²) in [5.41, 5.74) is 0.0746. The van der Waals surface area contributed by atoms with Crippen molar-refractivity contribution >= 4 is 16.7 Å². The number of nitrogens with zero attached hydrogens (tertiary/aromatic N) is 2. The lowest BCUT2D eigenvalue weighted by molar-refractivity contribution is 0.0742. The van der Waals surface area contributed by atoms with Crippen molar-refractivity contribution in [1.82, 2.24) is 15.1 Å². The molecule has 1 saturated heterocycles. The summed E-state index contributed by atoms with van der Waals surface area (Å²) in [7, 11) is 0. The lowest BCUT2D eigenvalue weighted by Crippen LogP contribution is -2.35. The van der Waals surface area contributed by atoms with Crippen LogP contribution in [0.4, 0.5) is 0 Å². The molecule has 5 nitrogen and oxygen atoms in total. The van der Waals surface area contributed by atoms with Crippen LogP contribution in [0, 0.1) is 0 Å². The molecule has 1 aromatic carbocycles. The number of hydrogen-bond donors (Lipinski definition) is 1. The first kappa shape index (κ1) is 11.9. The molecule has 1 N–H and O–H groups in total. The van der Waals surface area contributed by atoms with Gasteiger partial charge in [-0.2, -0.15) is 5.10 Å². The Balaban J connectivity index is 2.13. The molecule has 1 amide bonds. The van der Waals surface area contributed by atoms with E-state index in [1.54, 1.807) is 18.2 Å². The van der Waals surface area contributed by atoms with Gasteiger partial charge < -0.3 is 4.90 Å². The van der Waals surface area contributed by atoms with Crippen LogP contribution >= 0.6 is 0 Å². The highest BCUT2D eigenvalue weighted by Gasteiger charge is 2.28. The zero-order valence-electron chi connectivity index (χ0n) is 10.7. The molecule has 0 spiro atoms. The Hall–Kier alpha value is -2.17. The number of fused-ring (bicyclic) bond motifs is 1. The van der Waals surface area contributed by atoms with E-state index in [1.165, 1.54) is 0 Å². The van der Waals surface area contributed by atoms with Gasteiger partial charge in [0.1, 0.15) is 0 Å². The summed E-state index contributed by atoms with van der Waals surface area (Å²) in [6, 6.07) is 7.31. The molecule has 0 aliphatic carbocycles. The van der Waals surface area contributed by atoms with E-state index >= 15 is 0 Å². The maximum atomic E-state index is 12.5. The molecule has 0 saturated carbocycles. The van der Waals surface area contributed by atoms with Gasteiger partial charge in [0.2, 0.25) is 0 Å². The normalized spacial score (nSPS) is 19.0. The van der Waals surface area contributed by atoms with Crippen molar-refractivity contribution in [3.05, 3.63) is 40.3 Å². The maximum Gasteiger partial charge on any atom is 0.275 e. The molecular weight excluding hydrogens is 242 g/mol. The lowest BCUT2D eigenvalue weighted by Gasteiger charge is -2.21. The zero-order chi connectivity index (χ0) is 13.4. The van der Waals surface area contributed by atoms with Crippen LogP contribution in [-0.4, -0.2) is 33.6 Å². The van der Waals surface area contributed by atoms with Gasteiger partial charge in [0.05, 0.1) is 5.39 Å². The number of rotatable bonds is 1. The van der Waals surface area contributed by atoms with E-state index in [9.17, 15) is 9.59 Å². The molecule has 1 aliphatic rings. The number of benzene rings is 1. The predicted octanol–water partition coefficient (Wildman–Crippen LogP) is 1.55. The van der Waals surface area contributed by atoms with Crippen LogP contribution in [-0.2, 0) is 0 Å². The van der Waals surface area contributed by atoms with Crippen LogP contribution in [0.2, 0.25) is 0 Å². The lowest BCUT2D eigenvalue weighted by atomic mass is 10.1. The van der Waals surface area contributed by atoms with Crippen LogP contribution in [0.3, 0.4) is 0 Å². The van der Waals surface area contributed by atoms with Crippen molar-refractivity contribution in [1.29, 1.82) is 0 Å². The summed E-state index contributed by atoms with van der Waals surface area (Å²) in [5, 5.41) is 7.49. The average molecular weight is 257 g/mol. The number of likely N-dealkylation sites (tertiary alicyclic amines) is 1. The quantitative estimate of drug-likeness (QED) is 0.842. The largest absolute Gasteiger partial charge is 0.335 e. The summed E-state index contributed by atoms with van der Waals surface area (Å²) in [5.74, 6) is -0.0996. The average Bonchev–Trinajstić information content (AvgIpc) is 2.85. The van der Waals surface area contributed by atoms with Crippen LogP contribution in [0.15, 0.2) is 29.1 Å². The Kier molecular flexibility index (Phi) is 2.81. The second-order valence-corrected chi connectivity index (χ2v) is 4.94. The van der Waals surface area contributed by atoms with Crippen molar-refractivity contribution < 1.29 is 4.79 Å². The van der Waals surface area contributed by atoms with E-state index in [0.717, 1.165) is 19.4 Å². The Labute approximate surface area is 110 Å². The highest BCUT2D eigenvalue weighted by Crippen LogP contribution is 2.21. The van der Waals surface area contributed by atoms with Crippen molar-refractivity contribution in [2.45, 2.75) is 25.8 Å². The zero-order valence-corrected chi connectivity index (χ0v) is 10.7. The number of carbonyl (C=O) groups excluding carboxylic acids is 1. The van der Waals surface area contributed by atoms with Crippen molar-refractivity contribution in [2.75, 3.05) is 6.54 Å². The van der Waals surface area contributed by atoms with E-state index in [1.807, 2.05) is 17.9 Å². The Bertz CT molecular complexity index is 692. The Morgan fingerprint density at radius 2 is 2.11 bits per heavy atom. The molecule has 5 heteroatoms. The van der Waals surface area contributed by atoms with Gasteiger partial charge in [0.15, 0.2) is 5.69 Å². The van der Waals surface area contributed by atoms with E-state index in [0.29, 0.717) is 16.5 Å². The number of aromatic amines is 1. The van der Waals surface area contributed by atoms with Gasteiger partial charge in [0.25, 0.3) is 11.5 Å². The van der Waals surface area contributed by atoms with E-state index in [-0.39, 0.29) is 17.5 Å². The summed E-state index contributed by atoms with van der Waals surface area (Å²) in [4.78, 5) is 26.0. The van der Waals surface area contributed by atoms with Crippen molar-refractivity contribution in [3.63, 3.8) is 0 Å². The van der Waals surface area contributed by atoms with Gasteiger partial charge in [-0.15, -0.1) is 0 Å². The molecule has 1 fully saturated rings. The van der Waals surface area contributed by atoms with Gasteiger partial charge in [-0.25, -0.2) is 5.10 Å². The SMILES string of the molecule is CC1CCCN1C(=O)c1n[nH]c(=O)c2ccccc12. The molecule has 98 valence electrons. The van der Waals surface area contributed by atoms with Gasteiger partial charge in [0, 0.05) is 18.0 Å². The Morgan fingerprint density at radius 3 is 2.79 bits per heavy atom. The number of H-pyrrole nitrogens is 1. The molecule has 1 aromatic heterocycles. The molecule has 19 heavy (non-hydrogen) atoms. The smallest absolute Gasteiger partial charge is 0.275 e. The van der Waals surface area contributed by atoms with E-state index in [2.05, 4.69) is 10.2 Å². The maximum absolute atomic E-state index is 12.5. The highest BCUT2D eigenvalue weighted by atomic mass is 16.2. The molecule has 1 atom stereocenters.